The van der Waals surface area contributed by atoms with Crippen LogP contribution in [0.3, 0.4) is 0 Å². The molecule has 0 bridgehead atoms. The first-order chi connectivity index (χ1) is 17.2. The first-order valence-electron chi connectivity index (χ1n) is 12.2. The van der Waals surface area contributed by atoms with Crippen LogP contribution >= 0.6 is 0 Å². The van der Waals surface area contributed by atoms with Crippen LogP contribution in [0.25, 0.3) is 5.69 Å². The minimum atomic E-state index is -0.680. The number of aryl methyl sites for hydroxylation is 4. The van der Waals surface area contributed by atoms with Gasteiger partial charge in [-0.05, 0) is 100 Å². The largest absolute Gasteiger partial charge is 0.374 e. The monoisotopic (exact) mass is 494 g/mol. The summed E-state index contributed by atoms with van der Waals surface area (Å²) in [6.45, 7) is 7.94. The van der Waals surface area contributed by atoms with Gasteiger partial charge in [0.2, 0.25) is 5.91 Å². The predicted molar refractivity (Wildman–Crippen MR) is 139 cm³/mol. The van der Waals surface area contributed by atoms with Crippen molar-refractivity contribution in [2.24, 2.45) is 0 Å². The van der Waals surface area contributed by atoms with E-state index in [1.165, 1.54) is 0 Å². The number of nitrogens with zero attached hydrogens (tertiary/aromatic N) is 1. The number of benzene rings is 2. The SMILES string of the molecule is Cc1cc(NC(CCCCNC(=O)Cc2ccc(-n3c(C)ccc3C)cc2)C(=O)NO)cc(C)c1F. The van der Waals surface area contributed by atoms with Crippen LogP contribution in [0.1, 0.15) is 47.3 Å². The number of carbonyl (C=O) groups is 2. The molecule has 0 aliphatic carbocycles. The van der Waals surface area contributed by atoms with Crippen molar-refractivity contribution in [1.82, 2.24) is 15.4 Å². The Kier molecular flexibility index (Phi) is 9.25. The highest BCUT2D eigenvalue weighted by Crippen LogP contribution is 2.20. The first kappa shape index (κ1) is 26.9. The van der Waals surface area contributed by atoms with Crippen molar-refractivity contribution < 1.29 is 19.2 Å². The molecule has 2 aromatic carbocycles. The van der Waals surface area contributed by atoms with Crippen LogP contribution in [0, 0.1) is 33.5 Å². The van der Waals surface area contributed by atoms with E-state index < -0.39 is 11.9 Å². The molecule has 36 heavy (non-hydrogen) atoms. The highest BCUT2D eigenvalue weighted by atomic mass is 19.1. The lowest BCUT2D eigenvalue weighted by atomic mass is 10.1. The smallest absolute Gasteiger partial charge is 0.265 e. The maximum atomic E-state index is 13.9. The fourth-order valence-corrected chi connectivity index (χ4v) is 4.36. The van der Waals surface area contributed by atoms with Crippen LogP contribution in [-0.4, -0.2) is 34.2 Å². The lowest BCUT2D eigenvalue weighted by Gasteiger charge is -2.19. The van der Waals surface area contributed by atoms with Gasteiger partial charge in [0.25, 0.3) is 5.91 Å². The van der Waals surface area contributed by atoms with Gasteiger partial charge in [-0.3, -0.25) is 14.8 Å². The van der Waals surface area contributed by atoms with Gasteiger partial charge in [0, 0.05) is 29.3 Å². The number of anilines is 1. The van der Waals surface area contributed by atoms with Gasteiger partial charge in [-0.25, -0.2) is 9.87 Å². The molecule has 0 fully saturated rings. The lowest BCUT2D eigenvalue weighted by Crippen LogP contribution is -2.38. The van der Waals surface area contributed by atoms with Crippen LogP contribution in [0.2, 0.25) is 0 Å². The number of unbranched alkanes of at least 4 members (excludes halogenated alkanes) is 1. The van der Waals surface area contributed by atoms with Gasteiger partial charge in [0.05, 0.1) is 6.42 Å². The van der Waals surface area contributed by atoms with E-state index in [0.29, 0.717) is 49.0 Å². The van der Waals surface area contributed by atoms with E-state index in [4.69, 9.17) is 5.21 Å². The number of hydrogen-bond donors (Lipinski definition) is 4. The minimum Gasteiger partial charge on any atom is -0.374 e. The normalized spacial score (nSPS) is 11.7. The van der Waals surface area contributed by atoms with E-state index in [-0.39, 0.29) is 11.7 Å². The van der Waals surface area contributed by atoms with E-state index >= 15 is 0 Å². The van der Waals surface area contributed by atoms with E-state index in [9.17, 15) is 14.0 Å². The van der Waals surface area contributed by atoms with E-state index in [1.807, 2.05) is 24.3 Å². The number of halogens is 1. The molecule has 192 valence electrons. The fraction of sp³-hybridized carbons (Fsp3) is 0.357. The summed E-state index contributed by atoms with van der Waals surface area (Å²) < 4.78 is 16.1. The maximum absolute atomic E-state index is 13.9. The number of nitrogens with one attached hydrogen (secondary N) is 3. The molecule has 3 aromatic rings. The quantitative estimate of drug-likeness (QED) is 0.177. The van der Waals surface area contributed by atoms with Gasteiger partial charge >= 0.3 is 0 Å². The second-order valence-corrected chi connectivity index (χ2v) is 9.24. The summed E-state index contributed by atoms with van der Waals surface area (Å²) in [6, 6.07) is 14.7. The summed E-state index contributed by atoms with van der Waals surface area (Å²) in [7, 11) is 0. The van der Waals surface area contributed by atoms with Crippen LogP contribution in [-0.2, 0) is 16.0 Å². The summed E-state index contributed by atoms with van der Waals surface area (Å²) in [5.74, 6) is -0.898. The third kappa shape index (κ3) is 6.95. The summed E-state index contributed by atoms with van der Waals surface area (Å²) >= 11 is 0. The number of carbonyl (C=O) groups excluding carboxylic acids is 2. The number of aromatic nitrogens is 1. The summed E-state index contributed by atoms with van der Waals surface area (Å²) in [5.41, 5.74) is 7.59. The molecule has 0 spiro atoms. The molecule has 8 heteroatoms. The Hall–Kier alpha value is -3.65. The highest BCUT2D eigenvalue weighted by molar-refractivity contribution is 5.83. The fourth-order valence-electron chi connectivity index (χ4n) is 4.36. The lowest BCUT2D eigenvalue weighted by molar-refractivity contribution is -0.130. The van der Waals surface area contributed by atoms with Gasteiger partial charge in [0.15, 0.2) is 0 Å². The molecule has 3 rings (SSSR count). The number of amides is 2. The number of rotatable bonds is 11. The molecule has 1 unspecified atom stereocenters. The zero-order valence-electron chi connectivity index (χ0n) is 21.3. The van der Waals surface area contributed by atoms with Crippen molar-refractivity contribution in [1.29, 1.82) is 0 Å². The molecule has 1 heterocycles. The van der Waals surface area contributed by atoms with Crippen molar-refractivity contribution in [3.05, 3.63) is 82.4 Å². The zero-order chi connectivity index (χ0) is 26.2. The minimum absolute atomic E-state index is 0.0592. The number of hydrogen-bond acceptors (Lipinski definition) is 4. The Morgan fingerprint density at radius 1 is 0.944 bits per heavy atom. The third-order valence-corrected chi connectivity index (χ3v) is 6.28. The molecule has 0 saturated heterocycles. The molecule has 2 amide bonds. The van der Waals surface area contributed by atoms with Crippen molar-refractivity contribution in [3.8, 4) is 5.69 Å². The van der Waals surface area contributed by atoms with E-state index in [0.717, 1.165) is 22.6 Å². The summed E-state index contributed by atoms with van der Waals surface area (Å²) in [6.07, 6.45) is 2.06. The summed E-state index contributed by atoms with van der Waals surface area (Å²) in [5, 5.41) is 15.1. The molecule has 4 N–H and O–H groups in total. The third-order valence-electron chi connectivity index (χ3n) is 6.28. The molecule has 0 saturated carbocycles. The van der Waals surface area contributed by atoms with Gasteiger partial charge in [-0.15, -0.1) is 0 Å². The van der Waals surface area contributed by atoms with Crippen molar-refractivity contribution in [2.45, 2.75) is 59.4 Å². The number of hydroxylamine groups is 1. The zero-order valence-corrected chi connectivity index (χ0v) is 21.3. The Labute approximate surface area is 211 Å². The first-order valence-corrected chi connectivity index (χ1v) is 12.2. The Morgan fingerprint density at radius 3 is 2.14 bits per heavy atom. The molecule has 0 aliphatic rings. The molecule has 0 radical (unpaired) electrons. The van der Waals surface area contributed by atoms with Crippen LogP contribution < -0.4 is 16.1 Å². The van der Waals surface area contributed by atoms with Crippen molar-refractivity contribution in [2.75, 3.05) is 11.9 Å². The van der Waals surface area contributed by atoms with Crippen LogP contribution in [0.5, 0.6) is 0 Å². The van der Waals surface area contributed by atoms with Crippen LogP contribution in [0.4, 0.5) is 10.1 Å². The van der Waals surface area contributed by atoms with Gasteiger partial charge in [-0.1, -0.05) is 12.1 Å². The molecular weight excluding hydrogens is 459 g/mol. The average molecular weight is 495 g/mol. The molecule has 1 aromatic heterocycles. The predicted octanol–water partition coefficient (Wildman–Crippen LogP) is 4.67. The second-order valence-electron chi connectivity index (χ2n) is 9.24. The Morgan fingerprint density at radius 2 is 1.56 bits per heavy atom. The molecule has 0 aliphatic heterocycles. The maximum Gasteiger partial charge on any atom is 0.265 e. The van der Waals surface area contributed by atoms with E-state index in [2.05, 4.69) is 41.2 Å². The van der Waals surface area contributed by atoms with Gasteiger partial charge in [0.1, 0.15) is 11.9 Å². The summed E-state index contributed by atoms with van der Waals surface area (Å²) in [4.78, 5) is 24.5. The Balaban J connectivity index is 1.44. The molecular formula is C28H35FN4O3. The van der Waals surface area contributed by atoms with Crippen LogP contribution in [0.15, 0.2) is 48.5 Å². The van der Waals surface area contributed by atoms with Gasteiger partial charge in [-0.2, -0.15) is 0 Å². The molecule has 7 nitrogen and oxygen atoms in total. The topological polar surface area (TPSA) is 95.4 Å². The van der Waals surface area contributed by atoms with Crippen molar-refractivity contribution >= 4 is 17.5 Å². The average Bonchev–Trinajstić information content (AvgIpc) is 3.19. The highest BCUT2D eigenvalue weighted by Gasteiger charge is 2.18. The standard InChI is InChI=1S/C28H35FN4O3/c1-18-15-23(16-19(2)27(18)29)31-25(28(35)32-36)7-5-6-14-30-26(34)17-22-10-12-24(13-11-22)33-20(3)8-9-21(33)4/h8-13,15-16,25,31,36H,5-7,14,17H2,1-4H3,(H,30,34)(H,32,35). The second kappa shape index (κ2) is 12.4. The van der Waals surface area contributed by atoms with Gasteiger partial charge < -0.3 is 15.2 Å². The Bertz CT molecular complexity index is 1160. The van der Waals surface area contributed by atoms with E-state index in [1.54, 1.807) is 31.5 Å². The van der Waals surface area contributed by atoms with Crippen molar-refractivity contribution in [3.63, 3.8) is 0 Å². The molecule has 1 atom stereocenters.